The van der Waals surface area contributed by atoms with Gasteiger partial charge >= 0.3 is 0 Å². The lowest BCUT2D eigenvalue weighted by molar-refractivity contribution is -0.121. The molecule has 0 bridgehead atoms. The first-order chi connectivity index (χ1) is 11.6. The predicted molar refractivity (Wildman–Crippen MR) is 84.9 cm³/mol. The monoisotopic (exact) mass is 328 g/mol. The Bertz CT molecular complexity index is 857. The van der Waals surface area contributed by atoms with Crippen LogP contribution in [0.2, 0.25) is 0 Å². The molecule has 0 unspecified atom stereocenters. The van der Waals surface area contributed by atoms with Gasteiger partial charge in [0.2, 0.25) is 5.91 Å². The third kappa shape index (κ3) is 3.29. The van der Waals surface area contributed by atoms with E-state index in [1.165, 1.54) is 36.0 Å². The third-order valence-corrected chi connectivity index (χ3v) is 3.45. The number of rotatable bonds is 4. The summed E-state index contributed by atoms with van der Waals surface area (Å²) in [5.41, 5.74) is 1.25. The highest BCUT2D eigenvalue weighted by Gasteiger charge is 2.15. The van der Waals surface area contributed by atoms with E-state index in [2.05, 4.69) is 15.4 Å². The number of halogens is 2. The summed E-state index contributed by atoms with van der Waals surface area (Å²) in [6.45, 7) is -0.0304. The number of carbonyl (C=O) groups excluding carboxylic acids is 1. The maximum Gasteiger partial charge on any atom is 0.241 e. The van der Waals surface area contributed by atoms with Gasteiger partial charge in [0.25, 0.3) is 0 Å². The van der Waals surface area contributed by atoms with E-state index in [0.717, 1.165) is 0 Å². The highest BCUT2D eigenvalue weighted by Crippen LogP contribution is 2.23. The lowest BCUT2D eigenvalue weighted by Crippen LogP contribution is -2.24. The van der Waals surface area contributed by atoms with Crippen LogP contribution in [0.25, 0.3) is 22.8 Å². The first-order valence-electron chi connectivity index (χ1n) is 7.24. The van der Waals surface area contributed by atoms with Crippen molar-refractivity contribution in [2.24, 2.45) is 0 Å². The second-order valence-electron chi connectivity index (χ2n) is 5.10. The smallest absolute Gasteiger partial charge is 0.241 e. The molecule has 0 saturated carbocycles. The van der Waals surface area contributed by atoms with Crippen LogP contribution >= 0.6 is 0 Å². The number of hydrogen-bond donors (Lipinski definition) is 1. The van der Waals surface area contributed by atoms with Crippen LogP contribution in [0.15, 0.2) is 48.5 Å². The molecule has 24 heavy (non-hydrogen) atoms. The quantitative estimate of drug-likeness (QED) is 0.801. The Hall–Kier alpha value is -3.09. The Morgan fingerprint density at radius 3 is 2.08 bits per heavy atom. The maximum absolute atomic E-state index is 13.1. The summed E-state index contributed by atoms with van der Waals surface area (Å²) in [7, 11) is 1.53. The van der Waals surface area contributed by atoms with E-state index in [4.69, 9.17) is 0 Å². The van der Waals surface area contributed by atoms with Crippen LogP contribution < -0.4 is 5.32 Å². The van der Waals surface area contributed by atoms with Gasteiger partial charge in [-0.15, -0.1) is 5.10 Å². The van der Waals surface area contributed by atoms with E-state index in [-0.39, 0.29) is 24.1 Å². The van der Waals surface area contributed by atoms with Crippen LogP contribution in [-0.2, 0) is 11.3 Å². The number of nitrogens with zero attached hydrogens (tertiary/aromatic N) is 3. The first kappa shape index (κ1) is 15.8. The highest BCUT2D eigenvalue weighted by atomic mass is 19.1. The molecule has 1 heterocycles. The molecule has 2 aromatic carbocycles. The summed E-state index contributed by atoms with van der Waals surface area (Å²) in [6, 6.07) is 11.5. The SMILES string of the molecule is CNC(=O)Cn1nc(-c2ccc(F)cc2)nc1-c1ccc(F)cc1. The van der Waals surface area contributed by atoms with E-state index in [9.17, 15) is 13.6 Å². The van der Waals surface area contributed by atoms with Gasteiger partial charge in [0.15, 0.2) is 11.6 Å². The third-order valence-electron chi connectivity index (χ3n) is 3.45. The fourth-order valence-corrected chi connectivity index (χ4v) is 2.20. The molecule has 0 aliphatic carbocycles. The average Bonchev–Trinajstić information content (AvgIpc) is 3.00. The molecule has 0 aliphatic rings. The molecule has 122 valence electrons. The summed E-state index contributed by atoms with van der Waals surface area (Å²) in [6.07, 6.45) is 0. The van der Waals surface area contributed by atoms with Gasteiger partial charge in [-0.25, -0.2) is 18.4 Å². The van der Waals surface area contributed by atoms with Gasteiger partial charge in [-0.05, 0) is 48.5 Å². The van der Waals surface area contributed by atoms with Crippen molar-refractivity contribution in [3.05, 3.63) is 60.2 Å². The molecule has 1 aromatic heterocycles. The zero-order valence-electron chi connectivity index (χ0n) is 12.8. The number of amides is 1. The Balaban J connectivity index is 2.06. The highest BCUT2D eigenvalue weighted by molar-refractivity contribution is 5.76. The van der Waals surface area contributed by atoms with Gasteiger partial charge in [0, 0.05) is 18.2 Å². The van der Waals surface area contributed by atoms with Crippen molar-refractivity contribution in [1.82, 2.24) is 20.1 Å². The number of benzene rings is 2. The molecule has 0 radical (unpaired) electrons. The van der Waals surface area contributed by atoms with Gasteiger partial charge < -0.3 is 5.32 Å². The number of hydrogen-bond acceptors (Lipinski definition) is 3. The molecule has 5 nitrogen and oxygen atoms in total. The number of carbonyl (C=O) groups is 1. The van der Waals surface area contributed by atoms with Crippen LogP contribution in [0.3, 0.4) is 0 Å². The largest absolute Gasteiger partial charge is 0.358 e. The van der Waals surface area contributed by atoms with Crippen molar-refractivity contribution in [3.8, 4) is 22.8 Å². The van der Waals surface area contributed by atoms with Gasteiger partial charge in [-0.2, -0.15) is 0 Å². The van der Waals surface area contributed by atoms with Gasteiger partial charge in [0.05, 0.1) is 0 Å². The number of nitrogens with one attached hydrogen (secondary N) is 1. The molecule has 3 rings (SSSR count). The van der Waals surface area contributed by atoms with Crippen LogP contribution in [0.1, 0.15) is 0 Å². The lowest BCUT2D eigenvalue weighted by atomic mass is 10.2. The van der Waals surface area contributed by atoms with Crippen LogP contribution in [0, 0.1) is 11.6 Å². The molecule has 1 amide bonds. The van der Waals surface area contributed by atoms with E-state index in [0.29, 0.717) is 22.8 Å². The Labute approximate surface area is 137 Å². The Morgan fingerprint density at radius 1 is 1.00 bits per heavy atom. The molecular weight excluding hydrogens is 314 g/mol. The van der Waals surface area contributed by atoms with Crippen molar-refractivity contribution < 1.29 is 13.6 Å². The summed E-state index contributed by atoms with van der Waals surface area (Å²) in [4.78, 5) is 16.1. The first-order valence-corrected chi connectivity index (χ1v) is 7.24. The van der Waals surface area contributed by atoms with E-state index >= 15 is 0 Å². The van der Waals surface area contributed by atoms with Crippen LogP contribution in [0.5, 0.6) is 0 Å². The summed E-state index contributed by atoms with van der Waals surface area (Å²) in [5, 5.41) is 6.85. The normalized spacial score (nSPS) is 10.6. The van der Waals surface area contributed by atoms with Crippen LogP contribution in [-0.4, -0.2) is 27.7 Å². The molecule has 0 spiro atoms. The molecule has 3 aromatic rings. The fourth-order valence-electron chi connectivity index (χ4n) is 2.20. The fraction of sp³-hybridized carbons (Fsp3) is 0.118. The average molecular weight is 328 g/mol. The maximum atomic E-state index is 13.1. The molecule has 0 atom stereocenters. The lowest BCUT2D eigenvalue weighted by Gasteiger charge is -2.04. The van der Waals surface area contributed by atoms with Crippen LogP contribution in [0.4, 0.5) is 8.78 Å². The topological polar surface area (TPSA) is 59.8 Å². The van der Waals surface area contributed by atoms with Gasteiger partial charge in [-0.3, -0.25) is 4.79 Å². The zero-order chi connectivity index (χ0) is 17.1. The second kappa shape index (κ2) is 6.57. The summed E-state index contributed by atoms with van der Waals surface area (Å²) < 4.78 is 27.6. The van der Waals surface area contributed by atoms with Gasteiger partial charge in [-0.1, -0.05) is 0 Å². The minimum atomic E-state index is -0.366. The minimum Gasteiger partial charge on any atom is -0.358 e. The summed E-state index contributed by atoms with van der Waals surface area (Å²) in [5.74, 6) is -0.178. The molecule has 0 saturated heterocycles. The van der Waals surface area contributed by atoms with Crippen molar-refractivity contribution >= 4 is 5.91 Å². The van der Waals surface area contributed by atoms with Crippen molar-refractivity contribution in [1.29, 1.82) is 0 Å². The van der Waals surface area contributed by atoms with Crippen molar-refractivity contribution in [2.75, 3.05) is 7.05 Å². The minimum absolute atomic E-state index is 0.0304. The Kier molecular flexibility index (Phi) is 4.33. The predicted octanol–water partition coefficient (Wildman–Crippen LogP) is 2.64. The molecule has 7 heteroatoms. The summed E-state index contributed by atoms with van der Waals surface area (Å²) >= 11 is 0. The van der Waals surface area contributed by atoms with E-state index in [1.807, 2.05) is 0 Å². The standard InChI is InChI=1S/C17H14F2N4O/c1-20-15(24)10-23-17(12-4-8-14(19)9-5-12)21-16(22-23)11-2-6-13(18)7-3-11/h2-9H,10H2,1H3,(H,20,24). The van der Waals surface area contributed by atoms with Gasteiger partial charge in [0.1, 0.15) is 18.2 Å². The van der Waals surface area contributed by atoms with E-state index in [1.54, 1.807) is 24.3 Å². The van der Waals surface area contributed by atoms with Crippen molar-refractivity contribution in [3.63, 3.8) is 0 Å². The van der Waals surface area contributed by atoms with E-state index < -0.39 is 0 Å². The second-order valence-corrected chi connectivity index (χ2v) is 5.10. The zero-order valence-corrected chi connectivity index (χ0v) is 12.8. The van der Waals surface area contributed by atoms with Crippen molar-refractivity contribution in [2.45, 2.75) is 6.54 Å². The number of likely N-dealkylation sites (N-methyl/N-ethyl adjacent to an activating group) is 1. The molecular formula is C17H14F2N4O. The molecule has 0 aliphatic heterocycles. The number of aromatic nitrogens is 3. The molecule has 0 fully saturated rings. The Morgan fingerprint density at radius 2 is 1.54 bits per heavy atom. The molecule has 1 N–H and O–H groups in total.